The number of rotatable bonds is 6. The van der Waals surface area contributed by atoms with Gasteiger partial charge < -0.3 is 14.1 Å². The molecule has 4 nitrogen and oxygen atoms in total. The predicted octanol–water partition coefficient (Wildman–Crippen LogP) is 3.99. The van der Waals surface area contributed by atoms with Crippen molar-refractivity contribution in [3.05, 3.63) is 52.9 Å². The third-order valence-electron chi connectivity index (χ3n) is 3.64. The molecule has 1 heterocycles. The Balaban J connectivity index is 1.56. The molecule has 0 radical (unpaired) electrons. The quantitative estimate of drug-likeness (QED) is 0.808. The zero-order valence-electron chi connectivity index (χ0n) is 12.4. The van der Waals surface area contributed by atoms with Gasteiger partial charge in [0, 0.05) is 18.6 Å². The minimum Gasteiger partial charge on any atom is -0.486 e. The lowest BCUT2D eigenvalue weighted by atomic mass is 10.3. The van der Waals surface area contributed by atoms with Crippen molar-refractivity contribution in [3.8, 4) is 5.75 Å². The number of furan rings is 1. The molecule has 3 rings (SSSR count). The van der Waals surface area contributed by atoms with Gasteiger partial charge in [0.05, 0.1) is 0 Å². The Bertz CT molecular complexity index is 646. The summed E-state index contributed by atoms with van der Waals surface area (Å²) in [6, 6.07) is 10.6. The van der Waals surface area contributed by atoms with Gasteiger partial charge in [-0.3, -0.25) is 4.79 Å². The van der Waals surface area contributed by atoms with Gasteiger partial charge in [-0.05, 0) is 55.2 Å². The van der Waals surface area contributed by atoms with E-state index in [-0.39, 0.29) is 12.5 Å². The average molecular weight is 320 g/mol. The third kappa shape index (κ3) is 3.83. The molecule has 1 aliphatic rings. The highest BCUT2D eigenvalue weighted by Gasteiger charge is 2.26. The van der Waals surface area contributed by atoms with Crippen LogP contribution in [0.25, 0.3) is 0 Å². The predicted molar refractivity (Wildman–Crippen MR) is 84.2 cm³/mol. The number of nitrogens with zero attached hydrogens (tertiary/aromatic N) is 1. The summed E-state index contributed by atoms with van der Waals surface area (Å²) in [6.45, 7) is 1.08. The van der Waals surface area contributed by atoms with Crippen LogP contribution in [-0.4, -0.2) is 24.4 Å². The average Bonchev–Trinajstić information content (AvgIpc) is 3.20. The molecule has 22 heavy (non-hydrogen) atoms. The Labute approximate surface area is 134 Å². The fourth-order valence-electron chi connectivity index (χ4n) is 2.21. The molecular weight excluding hydrogens is 302 g/mol. The van der Waals surface area contributed by atoms with Crippen LogP contribution in [0.3, 0.4) is 0 Å². The zero-order chi connectivity index (χ0) is 15.5. The van der Waals surface area contributed by atoms with Crippen molar-refractivity contribution in [2.24, 2.45) is 5.92 Å². The van der Waals surface area contributed by atoms with E-state index in [9.17, 15) is 4.79 Å². The summed E-state index contributed by atoms with van der Waals surface area (Å²) < 4.78 is 11.2. The molecule has 2 aromatic rings. The number of benzene rings is 1. The summed E-state index contributed by atoms with van der Waals surface area (Å²) in [5.41, 5.74) is 0. The SMILES string of the molecule is CN(CC1CC1)C(=O)c1ccc(COc2ccc(Cl)cc2)o1. The van der Waals surface area contributed by atoms with E-state index < -0.39 is 0 Å². The molecule has 0 spiro atoms. The van der Waals surface area contributed by atoms with Crippen LogP contribution in [-0.2, 0) is 6.61 Å². The number of ether oxygens (including phenoxy) is 1. The zero-order valence-corrected chi connectivity index (χ0v) is 13.2. The lowest BCUT2D eigenvalue weighted by Crippen LogP contribution is -2.28. The number of hydrogen-bond donors (Lipinski definition) is 0. The molecule has 0 atom stereocenters. The van der Waals surface area contributed by atoms with Gasteiger partial charge in [-0.2, -0.15) is 0 Å². The second-order valence-electron chi connectivity index (χ2n) is 5.64. The molecule has 0 saturated heterocycles. The summed E-state index contributed by atoms with van der Waals surface area (Å²) in [5, 5.41) is 0.664. The lowest BCUT2D eigenvalue weighted by Gasteiger charge is -2.14. The van der Waals surface area contributed by atoms with Gasteiger partial charge in [0.2, 0.25) is 0 Å². The van der Waals surface area contributed by atoms with Crippen LogP contribution in [0.4, 0.5) is 0 Å². The highest BCUT2D eigenvalue weighted by atomic mass is 35.5. The van der Waals surface area contributed by atoms with Crippen LogP contribution >= 0.6 is 11.6 Å². The van der Waals surface area contributed by atoms with Gasteiger partial charge in [-0.25, -0.2) is 0 Å². The van der Waals surface area contributed by atoms with E-state index in [1.165, 1.54) is 12.8 Å². The molecule has 1 aromatic heterocycles. The molecule has 0 aliphatic heterocycles. The number of hydrogen-bond acceptors (Lipinski definition) is 3. The topological polar surface area (TPSA) is 42.7 Å². The van der Waals surface area contributed by atoms with Crippen LogP contribution in [0.5, 0.6) is 5.75 Å². The van der Waals surface area contributed by atoms with Gasteiger partial charge in [-0.1, -0.05) is 11.6 Å². The molecule has 1 saturated carbocycles. The Morgan fingerprint density at radius 1 is 1.27 bits per heavy atom. The van der Waals surface area contributed by atoms with E-state index >= 15 is 0 Å². The third-order valence-corrected chi connectivity index (χ3v) is 3.89. The van der Waals surface area contributed by atoms with Crippen molar-refractivity contribution in [3.63, 3.8) is 0 Å². The lowest BCUT2D eigenvalue weighted by molar-refractivity contribution is 0.0753. The smallest absolute Gasteiger partial charge is 0.289 e. The molecule has 0 N–H and O–H groups in total. The van der Waals surface area contributed by atoms with E-state index in [2.05, 4.69) is 0 Å². The first kappa shape index (κ1) is 15.0. The normalized spacial score (nSPS) is 13.9. The van der Waals surface area contributed by atoms with Crippen molar-refractivity contribution in [1.29, 1.82) is 0 Å². The van der Waals surface area contributed by atoms with Crippen molar-refractivity contribution >= 4 is 17.5 Å². The van der Waals surface area contributed by atoms with E-state index in [1.54, 1.807) is 41.3 Å². The van der Waals surface area contributed by atoms with Crippen LogP contribution in [0, 0.1) is 5.92 Å². The Hall–Kier alpha value is -1.94. The van der Waals surface area contributed by atoms with E-state index in [0.717, 1.165) is 6.54 Å². The molecule has 1 aliphatic carbocycles. The first-order chi connectivity index (χ1) is 10.6. The highest BCUT2D eigenvalue weighted by Crippen LogP contribution is 2.29. The first-order valence-corrected chi connectivity index (χ1v) is 7.72. The standard InChI is InChI=1S/C17H18ClNO3/c1-19(10-12-2-3-12)17(20)16-9-8-15(22-16)11-21-14-6-4-13(18)5-7-14/h4-9,12H,2-3,10-11H2,1H3. The van der Waals surface area contributed by atoms with Gasteiger partial charge >= 0.3 is 0 Å². The number of halogens is 1. The summed E-state index contributed by atoms with van der Waals surface area (Å²) >= 11 is 5.82. The molecule has 116 valence electrons. The number of carbonyl (C=O) groups is 1. The fraction of sp³-hybridized carbons (Fsp3) is 0.353. The molecule has 1 fully saturated rings. The first-order valence-electron chi connectivity index (χ1n) is 7.34. The summed E-state index contributed by atoms with van der Waals surface area (Å²) in [6.07, 6.45) is 2.44. The molecular formula is C17H18ClNO3. The molecule has 5 heteroatoms. The Morgan fingerprint density at radius 3 is 2.68 bits per heavy atom. The fourth-order valence-corrected chi connectivity index (χ4v) is 2.34. The van der Waals surface area contributed by atoms with Gasteiger partial charge in [0.25, 0.3) is 5.91 Å². The van der Waals surface area contributed by atoms with Gasteiger partial charge in [0.15, 0.2) is 5.76 Å². The van der Waals surface area contributed by atoms with Crippen molar-refractivity contribution in [2.45, 2.75) is 19.4 Å². The van der Waals surface area contributed by atoms with Gasteiger partial charge in [-0.15, -0.1) is 0 Å². The molecule has 1 aromatic carbocycles. The van der Waals surface area contributed by atoms with E-state index in [1.807, 2.05) is 7.05 Å². The Morgan fingerprint density at radius 2 is 2.00 bits per heavy atom. The minimum absolute atomic E-state index is 0.0790. The van der Waals surface area contributed by atoms with Crippen molar-refractivity contribution in [1.82, 2.24) is 4.90 Å². The maximum Gasteiger partial charge on any atom is 0.289 e. The van der Waals surface area contributed by atoms with Crippen molar-refractivity contribution in [2.75, 3.05) is 13.6 Å². The molecule has 0 bridgehead atoms. The number of carbonyl (C=O) groups excluding carboxylic acids is 1. The summed E-state index contributed by atoms with van der Waals surface area (Å²) in [7, 11) is 1.81. The maximum atomic E-state index is 12.2. The van der Waals surface area contributed by atoms with Crippen LogP contribution in [0.1, 0.15) is 29.2 Å². The van der Waals surface area contributed by atoms with E-state index in [4.69, 9.17) is 20.8 Å². The Kier molecular flexibility index (Phi) is 4.39. The second kappa shape index (κ2) is 6.44. The second-order valence-corrected chi connectivity index (χ2v) is 6.07. The van der Waals surface area contributed by atoms with Crippen molar-refractivity contribution < 1.29 is 13.9 Å². The molecule has 0 unspecified atom stereocenters. The van der Waals surface area contributed by atoms with Crippen LogP contribution < -0.4 is 4.74 Å². The molecule has 1 amide bonds. The minimum atomic E-state index is -0.0790. The number of amides is 1. The van der Waals surface area contributed by atoms with Crippen LogP contribution in [0.2, 0.25) is 5.02 Å². The van der Waals surface area contributed by atoms with E-state index in [0.29, 0.717) is 28.2 Å². The largest absolute Gasteiger partial charge is 0.486 e. The monoisotopic (exact) mass is 319 g/mol. The van der Waals surface area contributed by atoms with Crippen LogP contribution in [0.15, 0.2) is 40.8 Å². The summed E-state index contributed by atoms with van der Waals surface area (Å²) in [5.74, 6) is 2.27. The summed E-state index contributed by atoms with van der Waals surface area (Å²) in [4.78, 5) is 13.9. The highest BCUT2D eigenvalue weighted by molar-refractivity contribution is 6.30. The maximum absolute atomic E-state index is 12.2. The van der Waals surface area contributed by atoms with Gasteiger partial charge in [0.1, 0.15) is 18.1 Å².